The molecular formula is C16H28N2O2. The normalized spacial score (nSPS) is 35.0. The first-order valence-electron chi connectivity index (χ1n) is 8.08. The van der Waals surface area contributed by atoms with Gasteiger partial charge in [-0.1, -0.05) is 0 Å². The lowest BCUT2D eigenvalue weighted by Crippen LogP contribution is -2.57. The molecule has 2 fully saturated rings. The van der Waals surface area contributed by atoms with Crippen molar-refractivity contribution < 1.29 is 9.59 Å². The number of hydrogen-bond donors (Lipinski definition) is 0. The second-order valence-electron chi connectivity index (χ2n) is 6.68. The van der Waals surface area contributed by atoms with E-state index in [1.54, 1.807) is 0 Å². The Morgan fingerprint density at radius 3 is 1.15 bits per heavy atom. The summed E-state index contributed by atoms with van der Waals surface area (Å²) in [6.07, 6.45) is 6.33. The van der Waals surface area contributed by atoms with Crippen LogP contribution in [0.4, 0.5) is 0 Å². The van der Waals surface area contributed by atoms with Gasteiger partial charge in [-0.2, -0.15) is 0 Å². The Hall–Kier alpha value is -1.06. The van der Waals surface area contributed by atoms with Gasteiger partial charge in [0.05, 0.1) is 0 Å². The van der Waals surface area contributed by atoms with E-state index < -0.39 is 0 Å². The number of amides is 2. The highest BCUT2D eigenvalue weighted by atomic mass is 16.2. The zero-order valence-corrected chi connectivity index (χ0v) is 13.3. The SMILES string of the molecule is CC1CCCC(C)N1C(=O)C(=O)N1C(C)CCCC1C. The molecule has 2 aliphatic heterocycles. The van der Waals surface area contributed by atoms with Gasteiger partial charge in [-0.25, -0.2) is 0 Å². The molecule has 2 aliphatic rings. The van der Waals surface area contributed by atoms with Crippen molar-refractivity contribution in [2.75, 3.05) is 0 Å². The molecule has 0 aromatic rings. The highest BCUT2D eigenvalue weighted by Gasteiger charge is 2.38. The van der Waals surface area contributed by atoms with E-state index in [0.29, 0.717) is 0 Å². The highest BCUT2D eigenvalue weighted by molar-refractivity contribution is 6.35. The third kappa shape index (κ3) is 2.84. The molecule has 114 valence electrons. The Bertz CT molecular complexity index is 327. The number of hydrogen-bond acceptors (Lipinski definition) is 2. The quantitative estimate of drug-likeness (QED) is 0.640. The number of piperidine rings is 2. The zero-order valence-electron chi connectivity index (χ0n) is 13.3. The minimum Gasteiger partial charge on any atom is -0.329 e. The van der Waals surface area contributed by atoms with Crippen LogP contribution in [0, 0.1) is 0 Å². The van der Waals surface area contributed by atoms with Crippen LogP contribution in [-0.2, 0) is 9.59 Å². The molecule has 2 amide bonds. The number of carbonyl (C=O) groups is 2. The zero-order chi connectivity index (χ0) is 14.9. The Balaban J connectivity index is 2.12. The predicted octanol–water partition coefficient (Wildman–Crippen LogP) is 2.57. The molecule has 2 heterocycles. The lowest BCUT2D eigenvalue weighted by molar-refractivity contribution is -0.159. The van der Waals surface area contributed by atoms with Gasteiger partial charge < -0.3 is 9.80 Å². The van der Waals surface area contributed by atoms with Crippen molar-refractivity contribution >= 4 is 11.8 Å². The van der Waals surface area contributed by atoms with Crippen molar-refractivity contribution in [1.29, 1.82) is 0 Å². The molecule has 0 radical (unpaired) electrons. The maximum Gasteiger partial charge on any atom is 0.312 e. The van der Waals surface area contributed by atoms with Crippen LogP contribution in [0.1, 0.15) is 66.2 Å². The first kappa shape index (κ1) is 15.3. The second kappa shape index (κ2) is 6.15. The fourth-order valence-corrected chi connectivity index (χ4v) is 3.86. The summed E-state index contributed by atoms with van der Waals surface area (Å²) in [5.74, 6) is -0.574. The Morgan fingerprint density at radius 1 is 0.650 bits per heavy atom. The van der Waals surface area contributed by atoms with Crippen molar-refractivity contribution in [2.45, 2.75) is 90.4 Å². The van der Waals surface area contributed by atoms with Gasteiger partial charge in [-0.05, 0) is 66.2 Å². The van der Waals surface area contributed by atoms with Crippen LogP contribution in [0.5, 0.6) is 0 Å². The summed E-state index contributed by atoms with van der Waals surface area (Å²) in [6.45, 7) is 8.24. The smallest absolute Gasteiger partial charge is 0.312 e. The van der Waals surface area contributed by atoms with Crippen LogP contribution in [0.2, 0.25) is 0 Å². The largest absolute Gasteiger partial charge is 0.329 e. The van der Waals surface area contributed by atoms with E-state index in [4.69, 9.17) is 0 Å². The summed E-state index contributed by atoms with van der Waals surface area (Å²) >= 11 is 0. The molecule has 4 heteroatoms. The molecule has 0 spiro atoms. The van der Waals surface area contributed by atoms with E-state index in [2.05, 4.69) is 27.7 Å². The van der Waals surface area contributed by atoms with Crippen molar-refractivity contribution in [3.05, 3.63) is 0 Å². The summed E-state index contributed by atoms with van der Waals surface area (Å²) in [4.78, 5) is 28.9. The van der Waals surface area contributed by atoms with Gasteiger partial charge in [0.1, 0.15) is 0 Å². The lowest BCUT2D eigenvalue weighted by Gasteiger charge is -2.43. The molecule has 0 aliphatic carbocycles. The summed E-state index contributed by atoms with van der Waals surface area (Å²) in [5.41, 5.74) is 0. The molecule has 0 saturated carbocycles. The lowest BCUT2D eigenvalue weighted by atomic mass is 9.95. The highest BCUT2D eigenvalue weighted by Crippen LogP contribution is 2.26. The Labute approximate surface area is 122 Å². The number of likely N-dealkylation sites (tertiary alicyclic amines) is 2. The molecule has 0 aromatic carbocycles. The maximum atomic E-state index is 12.6. The molecule has 0 bridgehead atoms. The summed E-state index contributed by atoms with van der Waals surface area (Å²) in [6, 6.07) is 0.743. The van der Waals surface area contributed by atoms with Crippen molar-refractivity contribution in [3.63, 3.8) is 0 Å². The molecule has 0 N–H and O–H groups in total. The van der Waals surface area contributed by atoms with Gasteiger partial charge >= 0.3 is 11.8 Å². The minimum atomic E-state index is -0.287. The van der Waals surface area contributed by atoms with Crippen LogP contribution in [0.15, 0.2) is 0 Å². The van der Waals surface area contributed by atoms with E-state index in [9.17, 15) is 9.59 Å². The molecule has 2 saturated heterocycles. The first-order chi connectivity index (χ1) is 9.43. The fourth-order valence-electron chi connectivity index (χ4n) is 3.86. The number of rotatable bonds is 0. The third-order valence-corrected chi connectivity index (χ3v) is 5.04. The topological polar surface area (TPSA) is 40.6 Å². The van der Waals surface area contributed by atoms with Gasteiger partial charge in [-0.3, -0.25) is 9.59 Å². The summed E-state index contributed by atoms with van der Waals surface area (Å²) < 4.78 is 0. The van der Waals surface area contributed by atoms with Crippen molar-refractivity contribution in [3.8, 4) is 0 Å². The number of nitrogens with zero attached hydrogens (tertiary/aromatic N) is 2. The van der Waals surface area contributed by atoms with Crippen LogP contribution in [-0.4, -0.2) is 45.8 Å². The number of carbonyl (C=O) groups excluding carboxylic acids is 2. The first-order valence-corrected chi connectivity index (χ1v) is 8.08. The van der Waals surface area contributed by atoms with Gasteiger partial charge in [-0.15, -0.1) is 0 Å². The molecule has 4 atom stereocenters. The fraction of sp³-hybridized carbons (Fsp3) is 0.875. The summed E-state index contributed by atoms with van der Waals surface area (Å²) in [5, 5.41) is 0. The average Bonchev–Trinajstić information content (AvgIpc) is 2.37. The molecular weight excluding hydrogens is 252 g/mol. The molecule has 4 unspecified atom stereocenters. The second-order valence-corrected chi connectivity index (χ2v) is 6.68. The molecule has 0 aromatic heterocycles. The minimum absolute atomic E-state index is 0.186. The molecule has 2 rings (SSSR count). The van der Waals surface area contributed by atoms with Crippen molar-refractivity contribution in [2.24, 2.45) is 0 Å². The van der Waals surface area contributed by atoms with E-state index in [1.165, 1.54) is 0 Å². The average molecular weight is 280 g/mol. The van der Waals surface area contributed by atoms with Gasteiger partial charge in [0, 0.05) is 24.2 Å². The maximum absolute atomic E-state index is 12.6. The van der Waals surface area contributed by atoms with E-state index in [-0.39, 0.29) is 36.0 Å². The van der Waals surface area contributed by atoms with Crippen LogP contribution in [0.3, 0.4) is 0 Å². The van der Waals surface area contributed by atoms with Crippen LogP contribution >= 0.6 is 0 Å². The van der Waals surface area contributed by atoms with Gasteiger partial charge in [0.15, 0.2) is 0 Å². The predicted molar refractivity (Wildman–Crippen MR) is 79.2 cm³/mol. The van der Waals surface area contributed by atoms with E-state index >= 15 is 0 Å². The van der Waals surface area contributed by atoms with Crippen LogP contribution in [0.25, 0.3) is 0 Å². The van der Waals surface area contributed by atoms with E-state index in [1.807, 2.05) is 9.80 Å². The monoisotopic (exact) mass is 280 g/mol. The molecule has 20 heavy (non-hydrogen) atoms. The Morgan fingerprint density at radius 2 is 0.900 bits per heavy atom. The third-order valence-electron chi connectivity index (χ3n) is 5.04. The van der Waals surface area contributed by atoms with Gasteiger partial charge in [0.2, 0.25) is 0 Å². The summed E-state index contributed by atoms with van der Waals surface area (Å²) in [7, 11) is 0. The van der Waals surface area contributed by atoms with Crippen LogP contribution < -0.4 is 0 Å². The standard InChI is InChI=1S/C16H28N2O2/c1-11-7-5-8-12(2)17(11)15(19)16(20)18-13(3)9-6-10-14(18)4/h11-14H,5-10H2,1-4H3. The molecule has 4 nitrogen and oxygen atoms in total. The Kier molecular flexibility index (Phi) is 4.71. The van der Waals surface area contributed by atoms with E-state index in [0.717, 1.165) is 38.5 Å². The van der Waals surface area contributed by atoms with Crippen molar-refractivity contribution in [1.82, 2.24) is 9.80 Å². The van der Waals surface area contributed by atoms with Gasteiger partial charge in [0.25, 0.3) is 0 Å².